The summed E-state index contributed by atoms with van der Waals surface area (Å²) in [7, 11) is 4.14. The molecule has 2 heteroatoms. The largest absolute Gasteiger partial charge is 0.378 e. The van der Waals surface area contributed by atoms with Gasteiger partial charge in [0.1, 0.15) is 0 Å². The molecule has 0 N–H and O–H groups in total. The number of anilines is 1. The molecule has 18 heavy (non-hydrogen) atoms. The maximum absolute atomic E-state index is 3.66. The summed E-state index contributed by atoms with van der Waals surface area (Å²) < 4.78 is 1.16. The van der Waals surface area contributed by atoms with E-state index < -0.39 is 0 Å². The molecular weight excluding hydrogens is 286 g/mol. The molecule has 0 unspecified atom stereocenters. The van der Waals surface area contributed by atoms with Crippen LogP contribution in [-0.4, -0.2) is 14.1 Å². The highest BCUT2D eigenvalue weighted by Gasteiger charge is 2.05. The van der Waals surface area contributed by atoms with Crippen LogP contribution in [0.2, 0.25) is 0 Å². The monoisotopic (exact) mass is 299 g/mol. The normalized spacial score (nSPS) is 11.1. The third-order valence-electron chi connectivity index (χ3n) is 3.31. The maximum atomic E-state index is 3.66. The average molecular weight is 300 g/mol. The molecule has 1 nitrogen and oxygen atoms in total. The summed E-state index contributed by atoms with van der Waals surface area (Å²) >= 11 is 3.66. The number of nitrogens with zero attached hydrogens (tertiary/aromatic N) is 1. The second-order valence-corrected chi connectivity index (χ2v) is 5.56. The lowest BCUT2D eigenvalue weighted by atomic mass is 10.0. The van der Waals surface area contributed by atoms with Crippen molar-refractivity contribution < 1.29 is 0 Å². The van der Waals surface area contributed by atoms with Gasteiger partial charge in [0.15, 0.2) is 0 Å². The van der Waals surface area contributed by atoms with Crippen LogP contribution in [0.15, 0.2) is 53.0 Å². The fraction of sp³-hybridized carbons (Fsp3) is 0.125. The molecule has 0 aliphatic carbocycles. The number of hydrogen-bond donors (Lipinski definition) is 0. The predicted molar refractivity (Wildman–Crippen MR) is 83.5 cm³/mol. The molecule has 0 aromatic heterocycles. The minimum atomic E-state index is 1.16. The Morgan fingerprint density at radius 3 is 2.28 bits per heavy atom. The van der Waals surface area contributed by atoms with Crippen LogP contribution in [0.3, 0.4) is 0 Å². The number of benzene rings is 3. The van der Waals surface area contributed by atoms with Gasteiger partial charge >= 0.3 is 0 Å². The van der Waals surface area contributed by atoms with Crippen LogP contribution in [0.4, 0.5) is 5.69 Å². The first-order chi connectivity index (χ1) is 8.66. The van der Waals surface area contributed by atoms with Crippen LogP contribution in [0.25, 0.3) is 21.5 Å². The number of fused-ring (bicyclic) bond motifs is 3. The first-order valence-corrected chi connectivity index (χ1v) is 6.74. The SMILES string of the molecule is CN(C)c1ccc2cc(Br)c3ccccc3c2c1. The van der Waals surface area contributed by atoms with E-state index in [2.05, 4.69) is 83.5 Å². The Balaban J connectivity index is 2.46. The highest BCUT2D eigenvalue weighted by molar-refractivity contribution is 9.10. The number of halogens is 1. The number of hydrogen-bond acceptors (Lipinski definition) is 1. The molecule has 0 amide bonds. The summed E-state index contributed by atoms with van der Waals surface area (Å²) in [6.45, 7) is 0. The maximum Gasteiger partial charge on any atom is 0.0367 e. The van der Waals surface area contributed by atoms with Gasteiger partial charge in [0.05, 0.1) is 0 Å². The van der Waals surface area contributed by atoms with E-state index in [-0.39, 0.29) is 0 Å². The molecule has 0 aliphatic rings. The summed E-state index contributed by atoms with van der Waals surface area (Å²) in [5, 5.41) is 5.14. The third-order valence-corrected chi connectivity index (χ3v) is 3.97. The Labute approximate surface area is 115 Å². The molecule has 3 rings (SSSR count). The van der Waals surface area contributed by atoms with E-state index in [0.717, 1.165) is 4.47 Å². The van der Waals surface area contributed by atoms with E-state index in [9.17, 15) is 0 Å². The topological polar surface area (TPSA) is 3.24 Å². The van der Waals surface area contributed by atoms with Gasteiger partial charge in [0.2, 0.25) is 0 Å². The van der Waals surface area contributed by atoms with Gasteiger partial charge in [-0.3, -0.25) is 0 Å². The zero-order valence-electron chi connectivity index (χ0n) is 10.4. The zero-order valence-corrected chi connectivity index (χ0v) is 12.0. The fourth-order valence-electron chi connectivity index (χ4n) is 2.32. The van der Waals surface area contributed by atoms with Gasteiger partial charge in [-0.2, -0.15) is 0 Å². The molecule has 0 heterocycles. The minimum Gasteiger partial charge on any atom is -0.378 e. The van der Waals surface area contributed by atoms with Gasteiger partial charge in [0, 0.05) is 24.3 Å². The Kier molecular flexibility index (Phi) is 2.75. The second kappa shape index (κ2) is 4.29. The van der Waals surface area contributed by atoms with Crippen LogP contribution in [0, 0.1) is 0 Å². The fourth-order valence-corrected chi connectivity index (χ4v) is 2.91. The lowest BCUT2D eigenvalue weighted by Crippen LogP contribution is -2.08. The Hall–Kier alpha value is -1.54. The standard InChI is InChI=1S/C16H14BrN/c1-18(2)12-8-7-11-9-16(17)14-6-4-3-5-13(14)15(11)10-12/h3-10H,1-2H3. The van der Waals surface area contributed by atoms with Crippen molar-refractivity contribution in [2.24, 2.45) is 0 Å². The van der Waals surface area contributed by atoms with Crippen molar-refractivity contribution in [3.05, 3.63) is 53.0 Å². The van der Waals surface area contributed by atoms with E-state index in [1.165, 1.54) is 27.2 Å². The molecule has 0 bridgehead atoms. The van der Waals surface area contributed by atoms with Crippen LogP contribution >= 0.6 is 15.9 Å². The molecule has 0 aliphatic heterocycles. The molecule has 0 radical (unpaired) electrons. The highest BCUT2D eigenvalue weighted by atomic mass is 79.9. The molecule has 0 atom stereocenters. The molecule has 3 aromatic rings. The summed E-state index contributed by atoms with van der Waals surface area (Å²) in [4.78, 5) is 2.14. The molecule has 0 saturated heterocycles. The summed E-state index contributed by atoms with van der Waals surface area (Å²) in [6.07, 6.45) is 0. The van der Waals surface area contributed by atoms with Gasteiger partial charge in [-0.25, -0.2) is 0 Å². The average Bonchev–Trinajstić information content (AvgIpc) is 2.38. The third kappa shape index (κ3) is 1.77. The predicted octanol–water partition coefficient (Wildman–Crippen LogP) is 4.82. The van der Waals surface area contributed by atoms with Crippen molar-refractivity contribution in [2.75, 3.05) is 19.0 Å². The summed E-state index contributed by atoms with van der Waals surface area (Å²) in [6, 6.07) is 17.3. The van der Waals surface area contributed by atoms with Gasteiger partial charge < -0.3 is 4.90 Å². The zero-order chi connectivity index (χ0) is 12.7. The van der Waals surface area contributed by atoms with Crippen LogP contribution < -0.4 is 4.90 Å². The van der Waals surface area contributed by atoms with E-state index >= 15 is 0 Å². The van der Waals surface area contributed by atoms with Crippen molar-refractivity contribution in [2.45, 2.75) is 0 Å². The van der Waals surface area contributed by atoms with Gasteiger partial charge in [-0.1, -0.05) is 46.3 Å². The molecule has 90 valence electrons. The molecule has 0 saturated carbocycles. The van der Waals surface area contributed by atoms with Crippen molar-refractivity contribution in [1.29, 1.82) is 0 Å². The summed E-state index contributed by atoms with van der Waals surface area (Å²) in [5.41, 5.74) is 1.23. The van der Waals surface area contributed by atoms with Crippen molar-refractivity contribution >= 4 is 43.2 Å². The first kappa shape index (κ1) is 11.5. The lowest BCUT2D eigenvalue weighted by Gasteiger charge is -2.14. The Bertz CT molecular complexity index is 732. The van der Waals surface area contributed by atoms with Crippen LogP contribution in [-0.2, 0) is 0 Å². The minimum absolute atomic E-state index is 1.16. The second-order valence-electron chi connectivity index (χ2n) is 4.70. The lowest BCUT2D eigenvalue weighted by molar-refractivity contribution is 1.14. The molecular formula is C16H14BrN. The summed E-state index contributed by atoms with van der Waals surface area (Å²) in [5.74, 6) is 0. The molecule has 3 aromatic carbocycles. The van der Waals surface area contributed by atoms with E-state index in [4.69, 9.17) is 0 Å². The van der Waals surface area contributed by atoms with E-state index in [0.29, 0.717) is 0 Å². The van der Waals surface area contributed by atoms with Crippen molar-refractivity contribution in [3.8, 4) is 0 Å². The highest BCUT2D eigenvalue weighted by Crippen LogP contribution is 2.33. The van der Waals surface area contributed by atoms with Crippen LogP contribution in [0.5, 0.6) is 0 Å². The van der Waals surface area contributed by atoms with Crippen molar-refractivity contribution in [1.82, 2.24) is 0 Å². The van der Waals surface area contributed by atoms with Gasteiger partial charge in [-0.05, 0) is 39.7 Å². The van der Waals surface area contributed by atoms with Crippen LogP contribution in [0.1, 0.15) is 0 Å². The molecule has 0 fully saturated rings. The Morgan fingerprint density at radius 2 is 1.56 bits per heavy atom. The van der Waals surface area contributed by atoms with Gasteiger partial charge in [0.25, 0.3) is 0 Å². The smallest absolute Gasteiger partial charge is 0.0367 e. The van der Waals surface area contributed by atoms with E-state index in [1.807, 2.05) is 0 Å². The van der Waals surface area contributed by atoms with Crippen molar-refractivity contribution in [3.63, 3.8) is 0 Å². The number of rotatable bonds is 1. The quantitative estimate of drug-likeness (QED) is 0.582. The molecule has 0 spiro atoms. The Morgan fingerprint density at radius 1 is 0.833 bits per heavy atom. The first-order valence-electron chi connectivity index (χ1n) is 5.95. The van der Waals surface area contributed by atoms with E-state index in [1.54, 1.807) is 0 Å². The van der Waals surface area contributed by atoms with Gasteiger partial charge in [-0.15, -0.1) is 0 Å².